The van der Waals surface area contributed by atoms with Crippen LogP contribution < -0.4 is 5.73 Å². The Balaban J connectivity index is 1.84. The summed E-state index contributed by atoms with van der Waals surface area (Å²) >= 11 is 5.96. The Bertz CT molecular complexity index is 589. The Labute approximate surface area is 114 Å². The summed E-state index contributed by atoms with van der Waals surface area (Å²) in [6.45, 7) is 0. The lowest BCUT2D eigenvalue weighted by atomic mass is 9.78. The highest BCUT2D eigenvalue weighted by molar-refractivity contribution is 6.31. The van der Waals surface area contributed by atoms with E-state index in [1.54, 1.807) is 12.1 Å². The summed E-state index contributed by atoms with van der Waals surface area (Å²) in [5.41, 5.74) is 5.97. The van der Waals surface area contributed by atoms with Gasteiger partial charge in [0.2, 0.25) is 5.89 Å². The van der Waals surface area contributed by atoms with Crippen LogP contribution in [0.3, 0.4) is 0 Å². The van der Waals surface area contributed by atoms with Crippen LogP contribution in [0.1, 0.15) is 36.5 Å². The number of nitrogens with zero attached hydrogens (tertiary/aromatic N) is 2. The quantitative estimate of drug-likeness (QED) is 0.939. The summed E-state index contributed by atoms with van der Waals surface area (Å²) in [5, 5.41) is 4.21. The molecule has 0 amide bonds. The topological polar surface area (TPSA) is 64.9 Å². The van der Waals surface area contributed by atoms with Gasteiger partial charge in [0.25, 0.3) is 0 Å². The smallest absolute Gasteiger partial charge is 0.246 e. The van der Waals surface area contributed by atoms with Crippen LogP contribution in [0.2, 0.25) is 5.02 Å². The average Bonchev–Trinajstić information content (AvgIpc) is 2.80. The van der Waals surface area contributed by atoms with Crippen LogP contribution >= 0.6 is 11.6 Å². The number of benzene rings is 1. The number of nitrogens with two attached hydrogens (primary N) is 1. The molecule has 0 aliphatic heterocycles. The minimum absolute atomic E-state index is 0.199. The molecule has 0 unspecified atom stereocenters. The molecule has 1 aliphatic rings. The van der Waals surface area contributed by atoms with Gasteiger partial charge < -0.3 is 10.3 Å². The lowest BCUT2D eigenvalue weighted by Crippen LogP contribution is -2.43. The van der Waals surface area contributed by atoms with Crippen molar-refractivity contribution in [1.82, 2.24) is 10.1 Å². The Morgan fingerprint density at radius 1 is 1.42 bits per heavy atom. The van der Waals surface area contributed by atoms with Crippen molar-refractivity contribution in [3.63, 3.8) is 0 Å². The molecule has 1 aromatic carbocycles. The fourth-order valence-corrected chi connectivity index (χ4v) is 2.39. The molecule has 2 aromatic rings. The van der Waals surface area contributed by atoms with Crippen molar-refractivity contribution < 1.29 is 8.91 Å². The summed E-state index contributed by atoms with van der Waals surface area (Å²) in [7, 11) is 0. The minimum Gasteiger partial charge on any atom is -0.337 e. The van der Waals surface area contributed by atoms with Crippen LogP contribution in [0.5, 0.6) is 0 Å². The molecular formula is C13H13ClFN3O. The molecule has 19 heavy (non-hydrogen) atoms. The van der Waals surface area contributed by atoms with Gasteiger partial charge in [0.1, 0.15) is 5.82 Å². The summed E-state index contributed by atoms with van der Waals surface area (Å²) in [6.07, 6.45) is 2.95. The number of aromatic nitrogens is 2. The maximum atomic E-state index is 13.7. The first-order chi connectivity index (χ1) is 9.08. The SMILES string of the molecule is NC1(c2nc(Cc3c(F)cccc3Cl)no2)CCC1. The molecule has 0 spiro atoms. The molecule has 1 aliphatic carbocycles. The molecule has 0 atom stereocenters. The van der Waals surface area contributed by atoms with E-state index in [1.165, 1.54) is 6.07 Å². The van der Waals surface area contributed by atoms with Crippen LogP contribution in [-0.4, -0.2) is 10.1 Å². The zero-order chi connectivity index (χ0) is 13.5. The Morgan fingerprint density at radius 2 is 2.21 bits per heavy atom. The Kier molecular flexibility index (Phi) is 3.03. The van der Waals surface area contributed by atoms with Crippen LogP contribution in [0.15, 0.2) is 22.7 Å². The van der Waals surface area contributed by atoms with E-state index in [0.717, 1.165) is 19.3 Å². The van der Waals surface area contributed by atoms with Gasteiger partial charge in [-0.15, -0.1) is 0 Å². The van der Waals surface area contributed by atoms with Crippen LogP contribution in [0.4, 0.5) is 4.39 Å². The van der Waals surface area contributed by atoms with E-state index >= 15 is 0 Å². The van der Waals surface area contributed by atoms with Gasteiger partial charge in [0, 0.05) is 17.0 Å². The highest BCUT2D eigenvalue weighted by Gasteiger charge is 2.39. The highest BCUT2D eigenvalue weighted by Crippen LogP contribution is 2.37. The predicted octanol–water partition coefficient (Wildman–Crippen LogP) is 2.79. The molecule has 0 saturated heterocycles. The second kappa shape index (κ2) is 4.58. The van der Waals surface area contributed by atoms with E-state index in [9.17, 15) is 4.39 Å². The van der Waals surface area contributed by atoms with Crippen LogP contribution in [-0.2, 0) is 12.0 Å². The zero-order valence-electron chi connectivity index (χ0n) is 10.2. The first-order valence-corrected chi connectivity index (χ1v) is 6.51. The summed E-state index contributed by atoms with van der Waals surface area (Å²) in [5.74, 6) is 0.463. The van der Waals surface area contributed by atoms with E-state index < -0.39 is 5.54 Å². The van der Waals surface area contributed by atoms with Gasteiger partial charge >= 0.3 is 0 Å². The van der Waals surface area contributed by atoms with E-state index in [-0.39, 0.29) is 12.2 Å². The van der Waals surface area contributed by atoms with Gasteiger partial charge in [-0.3, -0.25) is 0 Å². The Morgan fingerprint density at radius 3 is 2.84 bits per heavy atom. The molecular weight excluding hydrogens is 269 g/mol. The van der Waals surface area contributed by atoms with Crippen molar-refractivity contribution in [3.05, 3.63) is 46.3 Å². The van der Waals surface area contributed by atoms with Gasteiger partial charge in [-0.25, -0.2) is 4.39 Å². The molecule has 6 heteroatoms. The van der Waals surface area contributed by atoms with E-state index in [2.05, 4.69) is 10.1 Å². The van der Waals surface area contributed by atoms with Crippen molar-refractivity contribution in [1.29, 1.82) is 0 Å². The fourth-order valence-electron chi connectivity index (χ4n) is 2.16. The molecule has 2 N–H and O–H groups in total. The summed E-state index contributed by atoms with van der Waals surface area (Å²) in [6, 6.07) is 4.56. The van der Waals surface area contributed by atoms with Crippen molar-refractivity contribution in [2.45, 2.75) is 31.2 Å². The molecule has 1 saturated carbocycles. The second-order valence-corrected chi connectivity index (χ2v) is 5.31. The van der Waals surface area contributed by atoms with E-state index in [0.29, 0.717) is 22.3 Å². The van der Waals surface area contributed by atoms with Crippen molar-refractivity contribution >= 4 is 11.6 Å². The number of hydrogen-bond donors (Lipinski definition) is 1. The van der Waals surface area contributed by atoms with Gasteiger partial charge in [-0.2, -0.15) is 4.98 Å². The highest BCUT2D eigenvalue weighted by atomic mass is 35.5. The lowest BCUT2D eigenvalue weighted by molar-refractivity contribution is 0.181. The van der Waals surface area contributed by atoms with E-state index in [4.69, 9.17) is 21.9 Å². The van der Waals surface area contributed by atoms with Gasteiger partial charge in [-0.1, -0.05) is 22.8 Å². The van der Waals surface area contributed by atoms with Crippen molar-refractivity contribution in [2.24, 2.45) is 5.73 Å². The second-order valence-electron chi connectivity index (χ2n) is 4.90. The molecule has 1 aromatic heterocycles. The largest absolute Gasteiger partial charge is 0.337 e. The maximum absolute atomic E-state index is 13.7. The fraction of sp³-hybridized carbons (Fsp3) is 0.385. The lowest BCUT2D eigenvalue weighted by Gasteiger charge is -2.33. The molecule has 4 nitrogen and oxygen atoms in total. The van der Waals surface area contributed by atoms with Crippen LogP contribution in [0, 0.1) is 5.82 Å². The van der Waals surface area contributed by atoms with Gasteiger partial charge in [-0.05, 0) is 31.4 Å². The summed E-state index contributed by atoms with van der Waals surface area (Å²) < 4.78 is 18.8. The van der Waals surface area contributed by atoms with E-state index in [1.807, 2.05) is 0 Å². The average molecular weight is 282 g/mol. The number of hydrogen-bond acceptors (Lipinski definition) is 4. The number of rotatable bonds is 3. The first-order valence-electron chi connectivity index (χ1n) is 6.13. The third-order valence-corrected chi connectivity index (χ3v) is 3.89. The standard InChI is InChI=1S/C13H13ClFN3O/c14-9-3-1-4-10(15)8(9)7-11-17-12(19-18-11)13(16)5-2-6-13/h1,3-4H,2,5-7,16H2. The molecule has 0 radical (unpaired) electrons. The third kappa shape index (κ3) is 2.24. The normalized spacial score (nSPS) is 17.2. The van der Waals surface area contributed by atoms with Gasteiger partial charge in [0.15, 0.2) is 5.82 Å². The van der Waals surface area contributed by atoms with Crippen molar-refractivity contribution in [2.75, 3.05) is 0 Å². The van der Waals surface area contributed by atoms with Crippen molar-refractivity contribution in [3.8, 4) is 0 Å². The maximum Gasteiger partial charge on any atom is 0.246 e. The molecule has 0 bridgehead atoms. The number of halogens is 2. The van der Waals surface area contributed by atoms with Crippen LogP contribution in [0.25, 0.3) is 0 Å². The predicted molar refractivity (Wildman–Crippen MR) is 68.2 cm³/mol. The third-order valence-electron chi connectivity index (χ3n) is 3.54. The molecule has 1 fully saturated rings. The minimum atomic E-state index is -0.496. The summed E-state index contributed by atoms with van der Waals surface area (Å²) in [4.78, 5) is 4.25. The molecule has 3 rings (SSSR count). The zero-order valence-corrected chi connectivity index (χ0v) is 11.0. The monoisotopic (exact) mass is 281 g/mol. The first kappa shape index (κ1) is 12.6. The molecule has 1 heterocycles. The molecule has 100 valence electrons. The van der Waals surface area contributed by atoms with Gasteiger partial charge in [0.05, 0.1) is 5.54 Å². The Hall–Kier alpha value is -1.46.